The molecule has 0 N–H and O–H groups in total. The molecule has 0 aromatic heterocycles. The molecule has 2 atom stereocenters. The van der Waals surface area contributed by atoms with Crippen LogP contribution in [0.4, 0.5) is 4.39 Å². The molecule has 4 heteroatoms. The molecule has 2 aromatic carbocycles. The first kappa shape index (κ1) is 17.9. The number of carbonyl (C=O) groups is 1. The van der Waals surface area contributed by atoms with Gasteiger partial charge < -0.3 is 4.90 Å². The number of fused-ring (bicyclic) bond motifs is 2. The van der Waals surface area contributed by atoms with Gasteiger partial charge in [0.1, 0.15) is 5.82 Å². The van der Waals surface area contributed by atoms with E-state index in [1.807, 2.05) is 23.1 Å². The standard InChI is InChI=1S/C23H25FN2O/c1-25-20-11-12-21(25)16-22(15-20)26(14-13-17-5-3-2-4-6-17)23(27)18-7-9-19(24)10-8-18/h2-10,15,20-21H,11-14,16H2,1H3/t20-,21-/m1/s1. The van der Waals surface area contributed by atoms with Crippen molar-refractivity contribution in [1.29, 1.82) is 0 Å². The summed E-state index contributed by atoms with van der Waals surface area (Å²) in [5, 5.41) is 0. The molecule has 2 aromatic rings. The summed E-state index contributed by atoms with van der Waals surface area (Å²) in [4.78, 5) is 17.6. The SMILES string of the molecule is CN1[C@@H]2CC[C@@H]1C=C(N(CCc1ccccc1)C(=O)c1ccc(F)cc1)C2. The van der Waals surface area contributed by atoms with Gasteiger partial charge in [0.15, 0.2) is 0 Å². The normalized spacial score (nSPS) is 21.8. The minimum Gasteiger partial charge on any atom is -0.312 e. The third-order valence-electron chi connectivity index (χ3n) is 5.87. The van der Waals surface area contributed by atoms with Crippen LogP contribution in [0, 0.1) is 5.82 Å². The summed E-state index contributed by atoms with van der Waals surface area (Å²) in [7, 11) is 2.17. The Hall–Kier alpha value is -2.46. The summed E-state index contributed by atoms with van der Waals surface area (Å²) in [6.45, 7) is 0.634. The summed E-state index contributed by atoms with van der Waals surface area (Å²) in [5.41, 5.74) is 2.87. The molecule has 140 valence electrons. The Morgan fingerprint density at radius 1 is 1.11 bits per heavy atom. The fourth-order valence-electron chi connectivity index (χ4n) is 4.23. The van der Waals surface area contributed by atoms with Gasteiger partial charge in [-0.15, -0.1) is 0 Å². The predicted molar refractivity (Wildman–Crippen MR) is 105 cm³/mol. The molecule has 2 aliphatic rings. The molecule has 0 radical (unpaired) electrons. The van der Waals surface area contributed by atoms with Crippen molar-refractivity contribution in [2.45, 2.75) is 37.8 Å². The molecule has 4 rings (SSSR count). The van der Waals surface area contributed by atoms with Gasteiger partial charge in [0.05, 0.1) is 0 Å². The number of likely N-dealkylation sites (N-methyl/N-ethyl adjacent to an activating group) is 1. The highest BCUT2D eigenvalue weighted by Gasteiger charge is 2.36. The minimum atomic E-state index is -0.320. The molecule has 1 fully saturated rings. The van der Waals surface area contributed by atoms with Crippen molar-refractivity contribution >= 4 is 5.91 Å². The predicted octanol–water partition coefficient (Wildman–Crippen LogP) is 4.26. The summed E-state index contributed by atoms with van der Waals surface area (Å²) in [6.07, 6.45) is 6.29. The van der Waals surface area contributed by atoms with E-state index < -0.39 is 0 Å². The fraction of sp³-hybridized carbons (Fsp3) is 0.348. The van der Waals surface area contributed by atoms with Crippen LogP contribution in [0.25, 0.3) is 0 Å². The van der Waals surface area contributed by atoms with E-state index >= 15 is 0 Å². The van der Waals surface area contributed by atoms with Gasteiger partial charge in [0, 0.05) is 36.3 Å². The lowest BCUT2D eigenvalue weighted by Gasteiger charge is -2.35. The third kappa shape index (κ3) is 3.81. The number of carbonyl (C=O) groups excluding carboxylic acids is 1. The molecule has 0 unspecified atom stereocenters. The molecule has 0 aliphatic carbocycles. The van der Waals surface area contributed by atoms with Crippen LogP contribution < -0.4 is 0 Å². The number of hydrogen-bond acceptors (Lipinski definition) is 2. The molecule has 2 bridgehead atoms. The van der Waals surface area contributed by atoms with Crippen LogP contribution >= 0.6 is 0 Å². The minimum absolute atomic E-state index is 0.0406. The highest BCUT2D eigenvalue weighted by Crippen LogP contribution is 2.35. The van der Waals surface area contributed by atoms with Crippen LogP contribution in [-0.2, 0) is 6.42 Å². The number of nitrogens with zero attached hydrogens (tertiary/aromatic N) is 2. The smallest absolute Gasteiger partial charge is 0.258 e. The van der Waals surface area contributed by atoms with E-state index in [9.17, 15) is 9.18 Å². The molecule has 27 heavy (non-hydrogen) atoms. The lowest BCUT2D eigenvalue weighted by molar-refractivity contribution is 0.0787. The van der Waals surface area contributed by atoms with E-state index in [-0.39, 0.29) is 11.7 Å². The molecular formula is C23H25FN2O. The molecule has 2 aliphatic heterocycles. The quantitative estimate of drug-likeness (QED) is 0.791. The van der Waals surface area contributed by atoms with E-state index in [1.54, 1.807) is 12.1 Å². The average molecular weight is 364 g/mol. The van der Waals surface area contributed by atoms with E-state index in [0.717, 1.165) is 25.0 Å². The molecular weight excluding hydrogens is 339 g/mol. The second-order valence-corrected chi connectivity index (χ2v) is 7.53. The van der Waals surface area contributed by atoms with Crippen LogP contribution in [0.5, 0.6) is 0 Å². The zero-order valence-electron chi connectivity index (χ0n) is 15.6. The Bertz CT molecular complexity index is 831. The van der Waals surface area contributed by atoms with Crippen LogP contribution in [-0.4, -0.2) is 41.4 Å². The molecule has 2 heterocycles. The van der Waals surface area contributed by atoms with E-state index in [4.69, 9.17) is 0 Å². The number of hydrogen-bond donors (Lipinski definition) is 0. The Balaban J connectivity index is 1.59. The molecule has 1 amide bonds. The topological polar surface area (TPSA) is 23.6 Å². The van der Waals surface area contributed by atoms with Crippen LogP contribution in [0.1, 0.15) is 35.2 Å². The van der Waals surface area contributed by atoms with Gasteiger partial charge in [-0.3, -0.25) is 9.69 Å². The summed E-state index contributed by atoms with van der Waals surface area (Å²) in [6, 6.07) is 17.0. The zero-order valence-corrected chi connectivity index (χ0v) is 15.6. The number of amides is 1. The van der Waals surface area contributed by atoms with Crippen molar-refractivity contribution in [3.05, 3.63) is 83.3 Å². The maximum Gasteiger partial charge on any atom is 0.258 e. The van der Waals surface area contributed by atoms with Gasteiger partial charge in [-0.2, -0.15) is 0 Å². The van der Waals surface area contributed by atoms with Crippen LogP contribution in [0.3, 0.4) is 0 Å². The molecule has 0 saturated carbocycles. The van der Waals surface area contributed by atoms with E-state index in [2.05, 4.69) is 30.2 Å². The van der Waals surface area contributed by atoms with Crippen LogP contribution in [0.15, 0.2) is 66.4 Å². The monoisotopic (exact) mass is 364 g/mol. The van der Waals surface area contributed by atoms with E-state index in [0.29, 0.717) is 24.2 Å². The maximum absolute atomic E-state index is 13.3. The summed E-state index contributed by atoms with van der Waals surface area (Å²) < 4.78 is 13.3. The lowest BCUT2D eigenvalue weighted by Crippen LogP contribution is -2.41. The van der Waals surface area contributed by atoms with Gasteiger partial charge in [0.2, 0.25) is 0 Å². The van der Waals surface area contributed by atoms with Crippen molar-refractivity contribution in [3.63, 3.8) is 0 Å². The molecule has 1 saturated heterocycles. The first-order valence-electron chi connectivity index (χ1n) is 9.66. The van der Waals surface area contributed by atoms with Crippen LogP contribution in [0.2, 0.25) is 0 Å². The first-order chi connectivity index (χ1) is 13.1. The van der Waals surface area contributed by atoms with Crippen molar-refractivity contribution < 1.29 is 9.18 Å². The first-order valence-corrected chi connectivity index (χ1v) is 9.66. The van der Waals surface area contributed by atoms with Crippen molar-refractivity contribution in [3.8, 4) is 0 Å². The van der Waals surface area contributed by atoms with E-state index in [1.165, 1.54) is 24.1 Å². The maximum atomic E-state index is 13.3. The third-order valence-corrected chi connectivity index (χ3v) is 5.87. The Labute approximate surface area is 160 Å². The largest absolute Gasteiger partial charge is 0.312 e. The number of benzene rings is 2. The van der Waals surface area contributed by atoms with Gasteiger partial charge >= 0.3 is 0 Å². The van der Waals surface area contributed by atoms with Gasteiger partial charge in [-0.25, -0.2) is 4.39 Å². The Kier molecular flexibility index (Phi) is 5.08. The molecule has 3 nitrogen and oxygen atoms in total. The number of halogens is 1. The second kappa shape index (κ2) is 7.65. The van der Waals surface area contributed by atoms with Gasteiger partial charge in [-0.05, 0) is 62.2 Å². The van der Waals surface area contributed by atoms with Crippen molar-refractivity contribution in [1.82, 2.24) is 9.80 Å². The highest BCUT2D eigenvalue weighted by molar-refractivity contribution is 5.95. The average Bonchev–Trinajstić information content (AvgIpc) is 2.90. The fourth-order valence-corrected chi connectivity index (χ4v) is 4.23. The lowest BCUT2D eigenvalue weighted by atomic mass is 10.0. The summed E-state index contributed by atoms with van der Waals surface area (Å²) >= 11 is 0. The van der Waals surface area contributed by atoms with Crippen molar-refractivity contribution in [2.24, 2.45) is 0 Å². The molecule has 0 spiro atoms. The second-order valence-electron chi connectivity index (χ2n) is 7.53. The zero-order chi connectivity index (χ0) is 18.8. The van der Waals surface area contributed by atoms with Crippen molar-refractivity contribution in [2.75, 3.05) is 13.6 Å². The number of rotatable bonds is 5. The van der Waals surface area contributed by atoms with Gasteiger partial charge in [0.25, 0.3) is 5.91 Å². The summed E-state index contributed by atoms with van der Waals surface area (Å²) in [5.74, 6) is -0.361. The van der Waals surface area contributed by atoms with Gasteiger partial charge in [-0.1, -0.05) is 30.3 Å². The highest BCUT2D eigenvalue weighted by atomic mass is 19.1. The Morgan fingerprint density at radius 3 is 2.56 bits per heavy atom. The Morgan fingerprint density at radius 2 is 1.85 bits per heavy atom.